The number of nitrogens with zero attached hydrogens (tertiary/aromatic N) is 1. The molecular formula is C13H16N2OS. The smallest absolute Gasteiger partial charge is 0.183 e. The summed E-state index contributed by atoms with van der Waals surface area (Å²) >= 11 is 1.63. The molecule has 0 aliphatic rings. The SMILES string of the molecule is CCc1csc(NCc2cccc(CO)c2)n1. The van der Waals surface area contributed by atoms with Crippen LogP contribution in [0.3, 0.4) is 0 Å². The van der Waals surface area contributed by atoms with Crippen molar-refractivity contribution in [2.24, 2.45) is 0 Å². The van der Waals surface area contributed by atoms with Gasteiger partial charge in [-0.25, -0.2) is 4.98 Å². The van der Waals surface area contributed by atoms with Gasteiger partial charge in [0, 0.05) is 11.9 Å². The maximum Gasteiger partial charge on any atom is 0.183 e. The van der Waals surface area contributed by atoms with Gasteiger partial charge in [0.25, 0.3) is 0 Å². The van der Waals surface area contributed by atoms with E-state index in [0.717, 1.165) is 34.9 Å². The summed E-state index contributed by atoms with van der Waals surface area (Å²) in [5.41, 5.74) is 3.23. The van der Waals surface area contributed by atoms with Crippen LogP contribution in [0.25, 0.3) is 0 Å². The molecule has 0 amide bonds. The van der Waals surface area contributed by atoms with Crippen molar-refractivity contribution in [3.63, 3.8) is 0 Å². The molecule has 17 heavy (non-hydrogen) atoms. The maximum absolute atomic E-state index is 9.05. The van der Waals surface area contributed by atoms with Gasteiger partial charge >= 0.3 is 0 Å². The second-order valence-electron chi connectivity index (χ2n) is 3.83. The number of aromatic nitrogens is 1. The van der Waals surface area contributed by atoms with Crippen molar-refractivity contribution in [3.8, 4) is 0 Å². The topological polar surface area (TPSA) is 45.1 Å². The van der Waals surface area contributed by atoms with Crippen molar-refractivity contribution in [3.05, 3.63) is 46.5 Å². The number of nitrogens with one attached hydrogen (secondary N) is 1. The van der Waals surface area contributed by atoms with E-state index >= 15 is 0 Å². The monoisotopic (exact) mass is 248 g/mol. The molecule has 1 aromatic carbocycles. The highest BCUT2D eigenvalue weighted by molar-refractivity contribution is 7.13. The molecule has 0 unspecified atom stereocenters. The maximum atomic E-state index is 9.05. The van der Waals surface area contributed by atoms with Gasteiger partial charge in [-0.3, -0.25) is 0 Å². The van der Waals surface area contributed by atoms with Crippen LogP contribution < -0.4 is 5.32 Å². The van der Waals surface area contributed by atoms with Crippen molar-refractivity contribution in [2.45, 2.75) is 26.5 Å². The Kier molecular flexibility index (Phi) is 4.12. The minimum Gasteiger partial charge on any atom is -0.392 e. The number of hydrogen-bond acceptors (Lipinski definition) is 4. The van der Waals surface area contributed by atoms with Crippen LogP contribution in [0.4, 0.5) is 5.13 Å². The van der Waals surface area contributed by atoms with Gasteiger partial charge in [0.1, 0.15) is 0 Å². The molecule has 2 aromatic rings. The number of benzene rings is 1. The van der Waals surface area contributed by atoms with Crippen molar-refractivity contribution in [1.29, 1.82) is 0 Å². The Labute approximate surface area is 105 Å². The molecule has 0 aliphatic carbocycles. The molecule has 1 aromatic heterocycles. The van der Waals surface area contributed by atoms with E-state index in [1.54, 1.807) is 11.3 Å². The van der Waals surface area contributed by atoms with Crippen LogP contribution in [0.1, 0.15) is 23.7 Å². The zero-order valence-corrected chi connectivity index (χ0v) is 10.6. The van der Waals surface area contributed by atoms with Gasteiger partial charge in [-0.2, -0.15) is 0 Å². The first-order valence-electron chi connectivity index (χ1n) is 5.68. The van der Waals surface area contributed by atoms with Crippen LogP contribution in [0.15, 0.2) is 29.6 Å². The van der Waals surface area contributed by atoms with Crippen LogP contribution >= 0.6 is 11.3 Å². The highest BCUT2D eigenvalue weighted by Crippen LogP contribution is 2.17. The average Bonchev–Trinajstić information content (AvgIpc) is 2.84. The lowest BCUT2D eigenvalue weighted by atomic mass is 10.1. The molecule has 0 spiro atoms. The summed E-state index contributed by atoms with van der Waals surface area (Å²) in [6, 6.07) is 7.92. The summed E-state index contributed by atoms with van der Waals surface area (Å²) in [4.78, 5) is 4.44. The first kappa shape index (κ1) is 12.1. The van der Waals surface area contributed by atoms with Gasteiger partial charge in [0.15, 0.2) is 5.13 Å². The number of hydrogen-bond donors (Lipinski definition) is 2. The van der Waals surface area contributed by atoms with Gasteiger partial charge in [-0.05, 0) is 17.5 Å². The normalized spacial score (nSPS) is 10.5. The van der Waals surface area contributed by atoms with E-state index in [-0.39, 0.29) is 6.61 Å². The Morgan fingerprint density at radius 1 is 1.35 bits per heavy atom. The summed E-state index contributed by atoms with van der Waals surface area (Å²) in [6.07, 6.45) is 0.970. The van der Waals surface area contributed by atoms with Gasteiger partial charge in [-0.15, -0.1) is 11.3 Å². The van der Waals surface area contributed by atoms with Crippen molar-refractivity contribution in [1.82, 2.24) is 4.98 Å². The Morgan fingerprint density at radius 2 is 2.18 bits per heavy atom. The van der Waals surface area contributed by atoms with Crippen molar-refractivity contribution < 1.29 is 5.11 Å². The zero-order valence-electron chi connectivity index (χ0n) is 9.81. The highest BCUT2D eigenvalue weighted by Gasteiger charge is 2.00. The van der Waals surface area contributed by atoms with Crippen molar-refractivity contribution in [2.75, 3.05) is 5.32 Å². The number of aryl methyl sites for hydroxylation is 1. The molecule has 0 saturated heterocycles. The van der Waals surface area contributed by atoms with E-state index in [0.29, 0.717) is 0 Å². The molecule has 0 saturated carbocycles. The number of aliphatic hydroxyl groups excluding tert-OH is 1. The number of aliphatic hydroxyl groups is 1. The van der Waals surface area contributed by atoms with Gasteiger partial charge in [0.05, 0.1) is 12.3 Å². The van der Waals surface area contributed by atoms with E-state index in [1.165, 1.54) is 0 Å². The summed E-state index contributed by atoms with van der Waals surface area (Å²) in [5, 5.41) is 15.4. The summed E-state index contributed by atoms with van der Waals surface area (Å²) in [7, 11) is 0. The number of rotatable bonds is 5. The van der Waals surface area contributed by atoms with E-state index in [2.05, 4.69) is 22.6 Å². The quantitative estimate of drug-likeness (QED) is 0.855. The molecular weight excluding hydrogens is 232 g/mol. The molecule has 0 fully saturated rings. The molecule has 0 bridgehead atoms. The largest absolute Gasteiger partial charge is 0.392 e. The lowest BCUT2D eigenvalue weighted by molar-refractivity contribution is 0.281. The predicted molar refractivity (Wildman–Crippen MR) is 71.2 cm³/mol. The molecule has 2 N–H and O–H groups in total. The molecule has 90 valence electrons. The fourth-order valence-electron chi connectivity index (χ4n) is 1.57. The van der Waals surface area contributed by atoms with Gasteiger partial charge in [0.2, 0.25) is 0 Å². The number of anilines is 1. The molecule has 0 atom stereocenters. The lowest BCUT2D eigenvalue weighted by Crippen LogP contribution is -1.99. The Balaban J connectivity index is 1.96. The molecule has 0 radical (unpaired) electrons. The average molecular weight is 248 g/mol. The Bertz CT molecular complexity index is 482. The summed E-state index contributed by atoms with van der Waals surface area (Å²) in [5.74, 6) is 0. The van der Waals surface area contributed by atoms with Crippen LogP contribution in [0, 0.1) is 0 Å². The van der Waals surface area contributed by atoms with Crippen molar-refractivity contribution >= 4 is 16.5 Å². The van der Waals surface area contributed by atoms with E-state index in [9.17, 15) is 0 Å². The lowest BCUT2D eigenvalue weighted by Gasteiger charge is -2.04. The third kappa shape index (κ3) is 3.28. The molecule has 4 heteroatoms. The molecule has 0 aliphatic heterocycles. The second-order valence-corrected chi connectivity index (χ2v) is 4.69. The zero-order chi connectivity index (χ0) is 12.1. The summed E-state index contributed by atoms with van der Waals surface area (Å²) in [6.45, 7) is 2.93. The third-order valence-electron chi connectivity index (χ3n) is 2.53. The standard InChI is InChI=1S/C13H16N2OS/c1-2-12-9-17-13(15-12)14-7-10-4-3-5-11(6-10)8-16/h3-6,9,16H,2,7-8H2,1H3,(H,14,15). The van der Waals surface area contributed by atoms with E-state index < -0.39 is 0 Å². The minimum absolute atomic E-state index is 0.0884. The third-order valence-corrected chi connectivity index (χ3v) is 3.38. The van der Waals surface area contributed by atoms with Crippen LogP contribution in [-0.2, 0) is 19.6 Å². The first-order chi connectivity index (χ1) is 8.31. The van der Waals surface area contributed by atoms with Crippen LogP contribution in [0.5, 0.6) is 0 Å². The fraction of sp³-hybridized carbons (Fsp3) is 0.308. The Morgan fingerprint density at radius 3 is 2.88 bits per heavy atom. The van der Waals surface area contributed by atoms with E-state index in [1.807, 2.05) is 24.3 Å². The second kappa shape index (κ2) is 5.80. The highest BCUT2D eigenvalue weighted by atomic mass is 32.1. The predicted octanol–water partition coefficient (Wildman–Crippen LogP) is 2.81. The molecule has 1 heterocycles. The van der Waals surface area contributed by atoms with Gasteiger partial charge in [-0.1, -0.05) is 31.2 Å². The minimum atomic E-state index is 0.0884. The van der Waals surface area contributed by atoms with E-state index in [4.69, 9.17) is 5.11 Å². The van der Waals surface area contributed by atoms with Crippen LogP contribution in [-0.4, -0.2) is 10.1 Å². The number of thiazole rings is 1. The molecule has 2 rings (SSSR count). The van der Waals surface area contributed by atoms with Gasteiger partial charge < -0.3 is 10.4 Å². The first-order valence-corrected chi connectivity index (χ1v) is 6.56. The molecule has 3 nitrogen and oxygen atoms in total. The summed E-state index contributed by atoms with van der Waals surface area (Å²) < 4.78 is 0. The fourth-order valence-corrected chi connectivity index (χ4v) is 2.36. The van der Waals surface area contributed by atoms with Crippen LogP contribution in [0.2, 0.25) is 0 Å². The Hall–Kier alpha value is -1.39.